The van der Waals surface area contributed by atoms with Crippen molar-refractivity contribution in [2.45, 2.75) is 25.3 Å². The van der Waals surface area contributed by atoms with E-state index in [-0.39, 0.29) is 36.3 Å². The molecule has 1 amide bonds. The fourth-order valence-corrected chi connectivity index (χ4v) is 4.71. The van der Waals surface area contributed by atoms with Gasteiger partial charge in [0.15, 0.2) is 22.7 Å². The quantitative estimate of drug-likeness (QED) is 0.400. The number of hydrogen-bond acceptors (Lipinski definition) is 9. The summed E-state index contributed by atoms with van der Waals surface area (Å²) >= 11 is 0. The summed E-state index contributed by atoms with van der Waals surface area (Å²) in [6, 6.07) is 5.43. The maximum Gasteiger partial charge on any atom is 0.332 e. The highest BCUT2D eigenvalue weighted by Gasteiger charge is 2.29. The molecule has 13 heteroatoms. The lowest BCUT2D eigenvalue weighted by molar-refractivity contribution is -0.133. The molecule has 5 heterocycles. The number of amides is 1. The van der Waals surface area contributed by atoms with Gasteiger partial charge in [-0.1, -0.05) is 0 Å². The summed E-state index contributed by atoms with van der Waals surface area (Å²) in [4.78, 5) is 43.9. The highest BCUT2D eigenvalue weighted by molar-refractivity contribution is 5.79. The minimum absolute atomic E-state index is 0.0665. The summed E-state index contributed by atoms with van der Waals surface area (Å²) in [6.07, 6.45) is 3.00. The first-order valence-corrected chi connectivity index (χ1v) is 11.5. The molecule has 0 aliphatic carbocycles. The fourth-order valence-electron chi connectivity index (χ4n) is 4.71. The van der Waals surface area contributed by atoms with Crippen LogP contribution in [-0.4, -0.2) is 59.6 Å². The summed E-state index contributed by atoms with van der Waals surface area (Å²) in [5.74, 6) is 1.88. The molecule has 0 saturated carbocycles. The molecule has 1 aromatic carbocycles. The summed E-state index contributed by atoms with van der Waals surface area (Å²) in [7, 11) is 2.95. The number of hydrogen-bond donors (Lipinski definition) is 0. The number of nitrogens with zero attached hydrogens (tertiary/aromatic N) is 7. The molecule has 186 valence electrons. The van der Waals surface area contributed by atoms with Crippen LogP contribution in [0, 0.1) is 0 Å². The van der Waals surface area contributed by atoms with E-state index in [0.29, 0.717) is 36.4 Å². The van der Waals surface area contributed by atoms with Gasteiger partial charge < -0.3 is 23.4 Å². The van der Waals surface area contributed by atoms with E-state index in [1.165, 1.54) is 22.5 Å². The van der Waals surface area contributed by atoms with Gasteiger partial charge in [-0.05, 0) is 31.0 Å². The third kappa shape index (κ3) is 3.54. The number of aromatic nitrogens is 6. The number of imidazole rings is 1. The second-order valence-electron chi connectivity index (χ2n) is 8.94. The van der Waals surface area contributed by atoms with Crippen molar-refractivity contribution < 1.29 is 18.7 Å². The van der Waals surface area contributed by atoms with Crippen LogP contribution in [0.3, 0.4) is 0 Å². The molecule has 4 aromatic rings. The predicted molar refractivity (Wildman–Crippen MR) is 125 cm³/mol. The number of rotatable bonds is 4. The van der Waals surface area contributed by atoms with Gasteiger partial charge in [0.25, 0.3) is 5.56 Å². The van der Waals surface area contributed by atoms with Crippen LogP contribution in [0.15, 0.2) is 38.5 Å². The van der Waals surface area contributed by atoms with Gasteiger partial charge >= 0.3 is 5.69 Å². The molecule has 1 unspecified atom stereocenters. The first-order valence-electron chi connectivity index (χ1n) is 11.5. The zero-order valence-corrected chi connectivity index (χ0v) is 19.7. The van der Waals surface area contributed by atoms with Crippen molar-refractivity contribution in [2.75, 3.05) is 19.9 Å². The molecule has 0 radical (unpaired) electrons. The van der Waals surface area contributed by atoms with E-state index in [0.717, 1.165) is 23.0 Å². The van der Waals surface area contributed by atoms with E-state index in [1.807, 2.05) is 6.07 Å². The number of ether oxygens (including phenoxy) is 2. The largest absolute Gasteiger partial charge is 0.454 e. The average molecular weight is 493 g/mol. The highest BCUT2D eigenvalue weighted by atomic mass is 16.7. The van der Waals surface area contributed by atoms with Gasteiger partial charge in [0.1, 0.15) is 6.54 Å². The number of fused-ring (bicyclic) bond motifs is 2. The number of benzene rings is 1. The number of carbonyl (C=O) groups is 1. The molecule has 0 N–H and O–H groups in total. The standard InChI is InChI=1S/C23H23N7O6/c1-27-19-18(22(32)28(2)23(27)33)30(11-24-19)10-17(31)29-7-3-4-14(9-29)21-26-25-20(36-21)13-5-6-15-16(8-13)35-12-34-15/h5-6,8,11,14H,3-4,7,9-10,12H2,1-2H3. The topological polar surface area (TPSA) is 140 Å². The van der Waals surface area contributed by atoms with Crippen LogP contribution in [0.25, 0.3) is 22.6 Å². The monoisotopic (exact) mass is 493 g/mol. The number of likely N-dealkylation sites (tertiary alicyclic amines) is 1. The Balaban J connectivity index is 1.20. The number of carbonyl (C=O) groups excluding carboxylic acids is 1. The Kier molecular flexibility index (Phi) is 5.12. The normalized spacial score (nSPS) is 17.2. The molecule has 13 nitrogen and oxygen atoms in total. The lowest BCUT2D eigenvalue weighted by atomic mass is 9.98. The summed E-state index contributed by atoms with van der Waals surface area (Å²) in [5.41, 5.74) is 0.227. The summed E-state index contributed by atoms with van der Waals surface area (Å²) in [6.45, 7) is 1.12. The Morgan fingerprint density at radius 2 is 1.94 bits per heavy atom. The molecule has 3 aromatic heterocycles. The van der Waals surface area contributed by atoms with E-state index < -0.39 is 11.2 Å². The maximum atomic E-state index is 13.2. The predicted octanol–water partition coefficient (Wildman–Crippen LogP) is 0.619. The van der Waals surface area contributed by atoms with E-state index in [2.05, 4.69) is 15.2 Å². The van der Waals surface area contributed by atoms with Crippen molar-refractivity contribution in [1.82, 2.24) is 33.8 Å². The minimum atomic E-state index is -0.489. The number of aryl methyl sites for hydroxylation is 1. The van der Waals surface area contributed by atoms with Gasteiger partial charge in [-0.2, -0.15) is 0 Å². The van der Waals surface area contributed by atoms with Gasteiger partial charge in [-0.15, -0.1) is 10.2 Å². The van der Waals surface area contributed by atoms with Crippen molar-refractivity contribution >= 4 is 17.1 Å². The van der Waals surface area contributed by atoms with Crippen molar-refractivity contribution in [1.29, 1.82) is 0 Å². The minimum Gasteiger partial charge on any atom is -0.454 e. The molecule has 0 bridgehead atoms. The van der Waals surface area contributed by atoms with Crippen LogP contribution in [0.1, 0.15) is 24.7 Å². The molecule has 36 heavy (non-hydrogen) atoms. The van der Waals surface area contributed by atoms with E-state index in [9.17, 15) is 14.4 Å². The van der Waals surface area contributed by atoms with Crippen molar-refractivity contribution in [3.8, 4) is 23.0 Å². The lowest BCUT2D eigenvalue weighted by Gasteiger charge is -2.31. The zero-order valence-electron chi connectivity index (χ0n) is 19.7. The Morgan fingerprint density at radius 1 is 1.11 bits per heavy atom. The van der Waals surface area contributed by atoms with E-state index in [4.69, 9.17) is 13.9 Å². The van der Waals surface area contributed by atoms with Gasteiger partial charge in [0.2, 0.25) is 24.5 Å². The van der Waals surface area contributed by atoms with Crippen LogP contribution in [0.4, 0.5) is 0 Å². The Morgan fingerprint density at radius 3 is 2.81 bits per heavy atom. The molecule has 0 spiro atoms. The van der Waals surface area contributed by atoms with Gasteiger partial charge in [-0.25, -0.2) is 9.78 Å². The molecule has 1 fully saturated rings. The molecule has 1 saturated heterocycles. The molecule has 2 aliphatic heterocycles. The third-order valence-electron chi connectivity index (χ3n) is 6.71. The number of piperidine rings is 1. The molecular weight excluding hydrogens is 470 g/mol. The molecule has 6 rings (SSSR count). The second-order valence-corrected chi connectivity index (χ2v) is 8.94. The zero-order chi connectivity index (χ0) is 25.0. The first kappa shape index (κ1) is 22.1. The Labute approximate surface area is 203 Å². The van der Waals surface area contributed by atoms with Gasteiger partial charge in [0.05, 0.1) is 12.2 Å². The van der Waals surface area contributed by atoms with Crippen LogP contribution in [0.5, 0.6) is 11.5 Å². The fraction of sp³-hybridized carbons (Fsp3) is 0.391. The maximum absolute atomic E-state index is 13.2. The summed E-state index contributed by atoms with van der Waals surface area (Å²) in [5, 5.41) is 8.43. The average Bonchev–Trinajstić information content (AvgIpc) is 3.65. The van der Waals surface area contributed by atoms with Crippen LogP contribution >= 0.6 is 0 Å². The lowest BCUT2D eigenvalue weighted by Crippen LogP contribution is -2.41. The second kappa shape index (κ2) is 8.36. The van der Waals surface area contributed by atoms with E-state index in [1.54, 1.807) is 24.1 Å². The highest BCUT2D eigenvalue weighted by Crippen LogP contribution is 2.36. The van der Waals surface area contributed by atoms with Crippen molar-refractivity contribution in [3.05, 3.63) is 51.3 Å². The van der Waals surface area contributed by atoms with Gasteiger partial charge in [0, 0.05) is 32.7 Å². The first-order chi connectivity index (χ1) is 17.4. The van der Waals surface area contributed by atoms with Crippen molar-refractivity contribution in [3.63, 3.8) is 0 Å². The van der Waals surface area contributed by atoms with Crippen molar-refractivity contribution in [2.24, 2.45) is 14.1 Å². The van der Waals surface area contributed by atoms with E-state index >= 15 is 0 Å². The smallest absolute Gasteiger partial charge is 0.332 e. The SMILES string of the molecule is Cn1c(=O)c2c(ncn2CC(=O)N2CCCC(c3nnc(-c4ccc5c(c4)OCO5)o3)C2)n(C)c1=O. The van der Waals surface area contributed by atoms with Crippen LogP contribution < -0.4 is 20.7 Å². The summed E-state index contributed by atoms with van der Waals surface area (Å²) < 4.78 is 20.5. The van der Waals surface area contributed by atoms with Crippen LogP contribution in [0.2, 0.25) is 0 Å². The Hall–Kier alpha value is -4.42. The van der Waals surface area contributed by atoms with Gasteiger partial charge in [-0.3, -0.25) is 18.7 Å². The third-order valence-corrected chi connectivity index (χ3v) is 6.71. The van der Waals surface area contributed by atoms with Crippen LogP contribution in [-0.2, 0) is 25.4 Å². The molecule has 1 atom stereocenters. The molecular formula is C23H23N7O6. The Bertz CT molecular complexity index is 1610. The molecule has 2 aliphatic rings.